The molecule has 2 heterocycles. The van der Waals surface area contributed by atoms with Gasteiger partial charge >= 0.3 is 0 Å². The van der Waals surface area contributed by atoms with Gasteiger partial charge in [-0.2, -0.15) is 0 Å². The van der Waals surface area contributed by atoms with E-state index in [4.69, 9.17) is 4.74 Å². The molecule has 122 valence electrons. The van der Waals surface area contributed by atoms with Gasteiger partial charge in [-0.25, -0.2) is 9.37 Å². The molecular formula is C18H16FN3O2. The summed E-state index contributed by atoms with van der Waals surface area (Å²) >= 11 is 0. The largest absolute Gasteiger partial charge is 0.370 e. The van der Waals surface area contributed by atoms with E-state index in [1.807, 2.05) is 12.1 Å². The molecule has 24 heavy (non-hydrogen) atoms. The van der Waals surface area contributed by atoms with Crippen LogP contribution >= 0.6 is 0 Å². The van der Waals surface area contributed by atoms with Crippen molar-refractivity contribution < 1.29 is 13.9 Å². The van der Waals surface area contributed by atoms with Gasteiger partial charge in [-0.05, 0) is 49.2 Å². The predicted molar refractivity (Wildman–Crippen MR) is 88.4 cm³/mol. The number of H-pyrrole nitrogens is 1. The van der Waals surface area contributed by atoms with Gasteiger partial charge in [-0.15, -0.1) is 0 Å². The number of rotatable bonds is 3. The Balaban J connectivity index is 1.57. The molecule has 1 fully saturated rings. The summed E-state index contributed by atoms with van der Waals surface area (Å²) in [6, 6.07) is 11.0. The summed E-state index contributed by atoms with van der Waals surface area (Å²) in [5, 5.41) is 2.77. The first-order valence-corrected chi connectivity index (χ1v) is 7.87. The Labute approximate surface area is 137 Å². The van der Waals surface area contributed by atoms with Gasteiger partial charge < -0.3 is 15.0 Å². The fourth-order valence-corrected chi connectivity index (χ4v) is 2.89. The summed E-state index contributed by atoms with van der Waals surface area (Å²) in [6.45, 7) is 0.761. The molecule has 1 atom stereocenters. The standard InChI is InChI=1S/C18H16FN3O2/c19-12-4-1-3-11(9-12)18(23)20-13-6-7-14-15(10-13)22-17(21-14)16-5-2-8-24-16/h1,3-4,6-7,9-10,16H,2,5,8H2,(H,20,23)(H,21,22). The van der Waals surface area contributed by atoms with Crippen molar-refractivity contribution in [3.8, 4) is 0 Å². The Morgan fingerprint density at radius 3 is 3.00 bits per heavy atom. The number of carbonyl (C=O) groups is 1. The third kappa shape index (κ3) is 2.88. The molecule has 0 radical (unpaired) electrons. The van der Waals surface area contributed by atoms with Crippen LogP contribution in [0.3, 0.4) is 0 Å². The van der Waals surface area contributed by atoms with Crippen LogP contribution in [0.25, 0.3) is 11.0 Å². The Bertz CT molecular complexity index is 900. The molecule has 3 aromatic rings. The summed E-state index contributed by atoms with van der Waals surface area (Å²) in [7, 11) is 0. The number of aromatic nitrogens is 2. The van der Waals surface area contributed by atoms with Gasteiger partial charge in [0.05, 0.1) is 11.0 Å². The summed E-state index contributed by atoms with van der Waals surface area (Å²) < 4.78 is 18.9. The maximum absolute atomic E-state index is 13.2. The zero-order chi connectivity index (χ0) is 16.5. The van der Waals surface area contributed by atoms with Crippen LogP contribution in [0.4, 0.5) is 10.1 Å². The summed E-state index contributed by atoms with van der Waals surface area (Å²) in [4.78, 5) is 20.0. The number of nitrogens with one attached hydrogen (secondary N) is 2. The van der Waals surface area contributed by atoms with Gasteiger partial charge in [-0.1, -0.05) is 6.07 Å². The Hall–Kier alpha value is -2.73. The fraction of sp³-hybridized carbons (Fsp3) is 0.222. The lowest BCUT2D eigenvalue weighted by Gasteiger charge is -2.05. The SMILES string of the molecule is O=C(Nc1ccc2nc(C3CCCO3)[nH]c2c1)c1cccc(F)c1. The van der Waals surface area contributed by atoms with E-state index in [0.29, 0.717) is 5.69 Å². The van der Waals surface area contributed by atoms with Gasteiger partial charge in [0.25, 0.3) is 5.91 Å². The molecule has 4 rings (SSSR count). The number of amides is 1. The molecule has 1 aliphatic rings. The van der Waals surface area contributed by atoms with Crippen molar-refractivity contribution in [2.24, 2.45) is 0 Å². The van der Waals surface area contributed by atoms with E-state index in [2.05, 4.69) is 15.3 Å². The van der Waals surface area contributed by atoms with Gasteiger partial charge in [0, 0.05) is 17.9 Å². The number of benzene rings is 2. The van der Waals surface area contributed by atoms with Crippen molar-refractivity contribution in [3.63, 3.8) is 0 Å². The summed E-state index contributed by atoms with van der Waals surface area (Å²) in [6.07, 6.45) is 2.02. The number of halogens is 1. The van der Waals surface area contributed by atoms with Crippen LogP contribution in [-0.4, -0.2) is 22.5 Å². The van der Waals surface area contributed by atoms with E-state index in [0.717, 1.165) is 36.3 Å². The zero-order valence-corrected chi connectivity index (χ0v) is 12.9. The number of imidazole rings is 1. The maximum Gasteiger partial charge on any atom is 0.255 e. The molecule has 1 amide bonds. The second-order valence-corrected chi connectivity index (χ2v) is 5.82. The topological polar surface area (TPSA) is 67.0 Å². The van der Waals surface area contributed by atoms with Crippen molar-refractivity contribution in [2.45, 2.75) is 18.9 Å². The number of ether oxygens (including phenoxy) is 1. The quantitative estimate of drug-likeness (QED) is 0.769. The smallest absolute Gasteiger partial charge is 0.255 e. The molecule has 2 N–H and O–H groups in total. The normalized spacial score (nSPS) is 17.3. The highest BCUT2D eigenvalue weighted by molar-refractivity contribution is 6.04. The molecule has 6 heteroatoms. The molecule has 1 aliphatic heterocycles. The minimum absolute atomic E-state index is 0.0164. The van der Waals surface area contributed by atoms with E-state index in [1.54, 1.807) is 12.1 Å². The fourth-order valence-electron chi connectivity index (χ4n) is 2.89. The molecular weight excluding hydrogens is 309 g/mol. The van der Waals surface area contributed by atoms with Crippen LogP contribution in [0.15, 0.2) is 42.5 Å². The average molecular weight is 325 g/mol. The minimum Gasteiger partial charge on any atom is -0.370 e. The number of fused-ring (bicyclic) bond motifs is 1. The highest BCUT2D eigenvalue weighted by Gasteiger charge is 2.21. The van der Waals surface area contributed by atoms with Crippen LogP contribution in [0, 0.1) is 5.82 Å². The summed E-state index contributed by atoms with van der Waals surface area (Å²) in [5.41, 5.74) is 2.56. The average Bonchev–Trinajstić information content (AvgIpc) is 3.23. The molecule has 1 saturated heterocycles. The number of hydrogen-bond donors (Lipinski definition) is 2. The van der Waals surface area contributed by atoms with Gasteiger partial charge in [0.1, 0.15) is 17.7 Å². The van der Waals surface area contributed by atoms with Crippen molar-refractivity contribution in [2.75, 3.05) is 11.9 Å². The van der Waals surface area contributed by atoms with Gasteiger partial charge in [0.2, 0.25) is 0 Å². The second kappa shape index (κ2) is 6.05. The second-order valence-electron chi connectivity index (χ2n) is 5.82. The van der Waals surface area contributed by atoms with E-state index in [9.17, 15) is 9.18 Å². The number of aromatic amines is 1. The van der Waals surface area contributed by atoms with Crippen molar-refractivity contribution in [1.82, 2.24) is 9.97 Å². The minimum atomic E-state index is -0.437. The first-order valence-electron chi connectivity index (χ1n) is 7.87. The Morgan fingerprint density at radius 2 is 2.21 bits per heavy atom. The van der Waals surface area contributed by atoms with Crippen molar-refractivity contribution >= 4 is 22.6 Å². The zero-order valence-electron chi connectivity index (χ0n) is 12.9. The van der Waals surface area contributed by atoms with E-state index in [-0.39, 0.29) is 17.6 Å². The Kier molecular flexibility index (Phi) is 3.74. The van der Waals surface area contributed by atoms with Crippen LogP contribution < -0.4 is 5.32 Å². The monoisotopic (exact) mass is 325 g/mol. The number of nitrogens with zero attached hydrogens (tertiary/aromatic N) is 1. The number of hydrogen-bond acceptors (Lipinski definition) is 3. The molecule has 1 aromatic heterocycles. The van der Waals surface area contributed by atoms with E-state index < -0.39 is 5.82 Å². The lowest BCUT2D eigenvalue weighted by atomic mass is 10.2. The first kappa shape index (κ1) is 14.8. The maximum atomic E-state index is 13.2. The first-order chi connectivity index (χ1) is 11.7. The molecule has 0 bridgehead atoms. The van der Waals surface area contributed by atoms with Gasteiger partial charge in [0.15, 0.2) is 0 Å². The molecule has 0 spiro atoms. The molecule has 0 aliphatic carbocycles. The number of carbonyl (C=O) groups excluding carboxylic acids is 1. The lowest BCUT2D eigenvalue weighted by Crippen LogP contribution is -2.11. The third-order valence-electron chi connectivity index (χ3n) is 4.08. The van der Waals surface area contributed by atoms with E-state index in [1.165, 1.54) is 18.2 Å². The molecule has 1 unspecified atom stereocenters. The molecule has 2 aromatic carbocycles. The van der Waals surface area contributed by atoms with Crippen molar-refractivity contribution in [1.29, 1.82) is 0 Å². The Morgan fingerprint density at radius 1 is 1.29 bits per heavy atom. The highest BCUT2D eigenvalue weighted by Crippen LogP contribution is 2.28. The van der Waals surface area contributed by atoms with Crippen LogP contribution in [0.1, 0.15) is 35.1 Å². The predicted octanol–water partition coefficient (Wildman–Crippen LogP) is 3.81. The third-order valence-corrected chi connectivity index (χ3v) is 4.08. The molecule has 0 saturated carbocycles. The van der Waals surface area contributed by atoms with Gasteiger partial charge in [-0.3, -0.25) is 4.79 Å². The molecule has 5 nitrogen and oxygen atoms in total. The van der Waals surface area contributed by atoms with Crippen LogP contribution in [0.5, 0.6) is 0 Å². The van der Waals surface area contributed by atoms with Crippen LogP contribution in [0.2, 0.25) is 0 Å². The number of anilines is 1. The highest BCUT2D eigenvalue weighted by atomic mass is 19.1. The lowest BCUT2D eigenvalue weighted by molar-refractivity contribution is 0.102. The van der Waals surface area contributed by atoms with E-state index >= 15 is 0 Å². The van der Waals surface area contributed by atoms with Crippen LogP contribution in [-0.2, 0) is 4.74 Å². The van der Waals surface area contributed by atoms with Crippen molar-refractivity contribution in [3.05, 3.63) is 59.7 Å². The summed E-state index contributed by atoms with van der Waals surface area (Å²) in [5.74, 6) is 0.0247.